The molecule has 3 amide bonds. The van der Waals surface area contributed by atoms with Crippen LogP contribution in [0.15, 0.2) is 6.07 Å². The molecule has 3 saturated heterocycles. The maximum Gasteiger partial charge on any atom is 0.272 e. The van der Waals surface area contributed by atoms with Gasteiger partial charge in [0.1, 0.15) is 5.69 Å². The van der Waals surface area contributed by atoms with Crippen molar-refractivity contribution in [1.29, 1.82) is 0 Å². The molecule has 1 aromatic heterocycles. The summed E-state index contributed by atoms with van der Waals surface area (Å²) in [6.07, 6.45) is 2.05. The maximum absolute atomic E-state index is 12.8. The molecule has 0 bridgehead atoms. The Morgan fingerprint density at radius 3 is 2.47 bits per heavy atom. The van der Waals surface area contributed by atoms with E-state index in [0.29, 0.717) is 70.5 Å². The third-order valence-corrected chi connectivity index (χ3v) is 6.49. The molecule has 3 fully saturated rings. The first-order chi connectivity index (χ1) is 14.4. The van der Waals surface area contributed by atoms with Gasteiger partial charge in [-0.2, -0.15) is 5.10 Å². The molecule has 0 radical (unpaired) electrons. The van der Waals surface area contributed by atoms with E-state index in [0.717, 1.165) is 18.5 Å². The molecule has 1 unspecified atom stereocenters. The summed E-state index contributed by atoms with van der Waals surface area (Å²) in [5, 5.41) is 4.26. The second-order valence-corrected chi connectivity index (χ2v) is 8.67. The van der Waals surface area contributed by atoms with Gasteiger partial charge >= 0.3 is 0 Å². The first-order valence-electron chi connectivity index (χ1n) is 10.9. The highest BCUT2D eigenvalue weighted by Crippen LogP contribution is 2.26. The van der Waals surface area contributed by atoms with Gasteiger partial charge < -0.3 is 19.4 Å². The van der Waals surface area contributed by atoms with Crippen LogP contribution in [-0.2, 0) is 21.4 Å². The molecule has 0 N–H and O–H groups in total. The van der Waals surface area contributed by atoms with Gasteiger partial charge in [0.15, 0.2) is 0 Å². The zero-order valence-electron chi connectivity index (χ0n) is 17.9. The first-order valence-corrected chi connectivity index (χ1v) is 10.9. The van der Waals surface area contributed by atoms with Crippen molar-refractivity contribution in [3.63, 3.8) is 0 Å². The Morgan fingerprint density at radius 1 is 1.13 bits per heavy atom. The summed E-state index contributed by atoms with van der Waals surface area (Å²) in [7, 11) is 1.79. The highest BCUT2D eigenvalue weighted by atomic mass is 16.5. The Labute approximate surface area is 176 Å². The zero-order chi connectivity index (χ0) is 21.3. The fraction of sp³-hybridized carbons (Fsp3) is 0.714. The average Bonchev–Trinajstić information content (AvgIpc) is 3.29. The molecule has 9 nitrogen and oxygen atoms in total. The topological polar surface area (TPSA) is 88.0 Å². The SMILES string of the molecule is Cc1cc(C(=O)N2CCC(CN3CC(C(=O)N4CCOCC4)CC3=O)CC2)n(C)n1. The van der Waals surface area contributed by atoms with E-state index < -0.39 is 0 Å². The van der Waals surface area contributed by atoms with E-state index in [1.807, 2.05) is 27.7 Å². The first kappa shape index (κ1) is 20.8. The normalized spacial score (nSPS) is 23.3. The number of nitrogens with zero attached hydrogens (tertiary/aromatic N) is 5. The third-order valence-electron chi connectivity index (χ3n) is 6.49. The van der Waals surface area contributed by atoms with Crippen molar-refractivity contribution < 1.29 is 19.1 Å². The summed E-state index contributed by atoms with van der Waals surface area (Å²) in [6, 6.07) is 1.82. The van der Waals surface area contributed by atoms with Crippen LogP contribution in [0, 0.1) is 18.8 Å². The molecule has 0 saturated carbocycles. The Bertz CT molecular complexity index is 808. The van der Waals surface area contributed by atoms with E-state index in [4.69, 9.17) is 4.74 Å². The van der Waals surface area contributed by atoms with E-state index in [1.165, 1.54) is 0 Å². The van der Waals surface area contributed by atoms with Crippen LogP contribution < -0.4 is 0 Å². The number of rotatable bonds is 4. The number of carbonyl (C=O) groups is 3. The molecular weight excluding hydrogens is 386 g/mol. The smallest absolute Gasteiger partial charge is 0.272 e. The molecule has 30 heavy (non-hydrogen) atoms. The number of piperidine rings is 1. The van der Waals surface area contributed by atoms with Gasteiger partial charge in [0.25, 0.3) is 5.91 Å². The minimum atomic E-state index is -0.231. The molecule has 0 spiro atoms. The second-order valence-electron chi connectivity index (χ2n) is 8.67. The number of morpholine rings is 1. The van der Waals surface area contributed by atoms with Crippen LogP contribution in [0.2, 0.25) is 0 Å². The monoisotopic (exact) mass is 417 g/mol. The lowest BCUT2D eigenvalue weighted by molar-refractivity contribution is -0.139. The highest BCUT2D eigenvalue weighted by molar-refractivity contribution is 5.92. The van der Waals surface area contributed by atoms with Crippen LogP contribution >= 0.6 is 0 Å². The van der Waals surface area contributed by atoms with E-state index in [9.17, 15) is 14.4 Å². The fourth-order valence-corrected chi connectivity index (χ4v) is 4.76. The van der Waals surface area contributed by atoms with Crippen LogP contribution in [-0.4, -0.2) is 94.7 Å². The summed E-state index contributed by atoms with van der Waals surface area (Å²) < 4.78 is 6.95. The number of aromatic nitrogens is 2. The van der Waals surface area contributed by atoms with Crippen molar-refractivity contribution in [1.82, 2.24) is 24.5 Å². The lowest BCUT2D eigenvalue weighted by atomic mass is 9.96. The Balaban J connectivity index is 1.26. The van der Waals surface area contributed by atoms with Gasteiger partial charge in [-0.05, 0) is 31.7 Å². The molecular formula is C21H31N5O4. The van der Waals surface area contributed by atoms with Gasteiger partial charge in [-0.15, -0.1) is 0 Å². The molecule has 4 heterocycles. The maximum atomic E-state index is 12.8. The molecule has 164 valence electrons. The van der Waals surface area contributed by atoms with Gasteiger partial charge in [-0.3, -0.25) is 19.1 Å². The van der Waals surface area contributed by atoms with Gasteiger partial charge in [0.2, 0.25) is 11.8 Å². The lowest BCUT2D eigenvalue weighted by Gasteiger charge is -2.34. The number of likely N-dealkylation sites (tertiary alicyclic amines) is 2. The Hall–Kier alpha value is -2.42. The largest absolute Gasteiger partial charge is 0.378 e. The summed E-state index contributed by atoms with van der Waals surface area (Å²) in [6.45, 7) is 6.84. The molecule has 1 aromatic rings. The van der Waals surface area contributed by atoms with Crippen LogP contribution in [0.3, 0.4) is 0 Å². The number of ether oxygens (including phenoxy) is 1. The summed E-state index contributed by atoms with van der Waals surface area (Å²) in [4.78, 5) is 43.5. The van der Waals surface area contributed by atoms with Crippen LogP contribution in [0.4, 0.5) is 0 Å². The van der Waals surface area contributed by atoms with Crippen LogP contribution in [0.5, 0.6) is 0 Å². The minimum Gasteiger partial charge on any atom is -0.378 e. The highest BCUT2D eigenvalue weighted by Gasteiger charge is 2.38. The number of aryl methyl sites for hydroxylation is 2. The van der Waals surface area contributed by atoms with Gasteiger partial charge in [0, 0.05) is 52.7 Å². The van der Waals surface area contributed by atoms with Gasteiger partial charge in [-0.1, -0.05) is 0 Å². The zero-order valence-corrected chi connectivity index (χ0v) is 17.9. The van der Waals surface area contributed by atoms with Crippen molar-refractivity contribution in [2.45, 2.75) is 26.2 Å². The fourth-order valence-electron chi connectivity index (χ4n) is 4.76. The lowest BCUT2D eigenvalue weighted by Crippen LogP contribution is -2.45. The van der Waals surface area contributed by atoms with E-state index in [1.54, 1.807) is 11.7 Å². The molecule has 4 rings (SSSR count). The van der Waals surface area contributed by atoms with Crippen LogP contribution in [0.1, 0.15) is 35.4 Å². The molecule has 0 aliphatic carbocycles. The number of carbonyl (C=O) groups excluding carboxylic acids is 3. The Morgan fingerprint density at radius 2 is 1.83 bits per heavy atom. The standard InChI is InChI=1S/C21H31N5O4/c1-15-11-18(23(2)22-15)21(29)24-5-3-16(4-6-24)13-26-14-17(12-19(26)27)20(28)25-7-9-30-10-8-25/h11,16-17H,3-10,12-14H2,1-2H3. The van der Waals surface area contributed by atoms with E-state index in [-0.39, 0.29) is 23.6 Å². The Kier molecular flexibility index (Phi) is 6.08. The van der Waals surface area contributed by atoms with Crippen LogP contribution in [0.25, 0.3) is 0 Å². The van der Waals surface area contributed by atoms with Crippen molar-refractivity contribution >= 4 is 17.7 Å². The van der Waals surface area contributed by atoms with Crippen molar-refractivity contribution in [3.05, 3.63) is 17.5 Å². The van der Waals surface area contributed by atoms with E-state index >= 15 is 0 Å². The molecule has 0 aromatic carbocycles. The number of amides is 3. The van der Waals surface area contributed by atoms with Gasteiger partial charge in [0.05, 0.1) is 24.8 Å². The van der Waals surface area contributed by atoms with Gasteiger partial charge in [-0.25, -0.2) is 0 Å². The summed E-state index contributed by atoms with van der Waals surface area (Å²) >= 11 is 0. The summed E-state index contributed by atoms with van der Waals surface area (Å²) in [5.41, 5.74) is 1.45. The summed E-state index contributed by atoms with van der Waals surface area (Å²) in [5.74, 6) is 0.311. The van der Waals surface area contributed by atoms with E-state index in [2.05, 4.69) is 5.10 Å². The number of hydrogen-bond acceptors (Lipinski definition) is 5. The molecule has 1 atom stereocenters. The number of hydrogen-bond donors (Lipinski definition) is 0. The van der Waals surface area contributed by atoms with Crippen molar-refractivity contribution in [3.8, 4) is 0 Å². The predicted molar refractivity (Wildman–Crippen MR) is 109 cm³/mol. The molecule has 9 heteroatoms. The average molecular weight is 418 g/mol. The second kappa shape index (κ2) is 8.75. The third kappa shape index (κ3) is 4.35. The van der Waals surface area contributed by atoms with Crippen molar-refractivity contribution in [2.24, 2.45) is 18.9 Å². The molecule has 3 aliphatic rings. The van der Waals surface area contributed by atoms with Crippen molar-refractivity contribution in [2.75, 3.05) is 52.5 Å². The predicted octanol–water partition coefficient (Wildman–Crippen LogP) is 0.288. The minimum absolute atomic E-state index is 0.0185. The molecule has 3 aliphatic heterocycles. The quantitative estimate of drug-likeness (QED) is 0.703.